The lowest BCUT2D eigenvalue weighted by Gasteiger charge is -2.18. The minimum Gasteiger partial charge on any atom is -0.467 e. The summed E-state index contributed by atoms with van der Waals surface area (Å²) in [4.78, 5) is 24.3. The van der Waals surface area contributed by atoms with E-state index in [9.17, 15) is 18.4 Å². The standard InChI is InChI=1S/C18H18FNO2S.C17H17FN2O2S.CH4/c1-12-7-9-13(10-8-12)11-16(18(21)22-2)20-17(23)14-5-3-4-6-15(14)19;1-22-17(21)15(10-11-6-8-12(19)9-7-11)20-16(23)13-4-2-3-5-14(13)18;/h3-10,16H,11H2,1-2H3,(H,20,23);2-9,15H,10,19H2,1H3,(H,20,23);1H4. The van der Waals surface area contributed by atoms with Crippen molar-refractivity contribution < 1.29 is 27.8 Å². The van der Waals surface area contributed by atoms with Crippen LogP contribution >= 0.6 is 24.4 Å². The van der Waals surface area contributed by atoms with Crippen LogP contribution in [-0.2, 0) is 31.9 Å². The van der Waals surface area contributed by atoms with Crippen LogP contribution in [0, 0.1) is 18.6 Å². The zero-order valence-electron chi connectivity index (χ0n) is 25.6. The lowest BCUT2D eigenvalue weighted by molar-refractivity contribution is -0.143. The third-order valence-electron chi connectivity index (χ3n) is 6.80. The van der Waals surface area contributed by atoms with Crippen LogP contribution in [0.3, 0.4) is 0 Å². The van der Waals surface area contributed by atoms with E-state index in [1.807, 2.05) is 43.3 Å². The molecule has 0 heterocycles. The van der Waals surface area contributed by atoms with Crippen LogP contribution in [0.2, 0.25) is 0 Å². The summed E-state index contributed by atoms with van der Waals surface area (Å²) < 4.78 is 37.2. The maximum absolute atomic E-state index is 13.8. The molecule has 0 bridgehead atoms. The van der Waals surface area contributed by atoms with Crippen molar-refractivity contribution in [3.05, 3.63) is 137 Å². The summed E-state index contributed by atoms with van der Waals surface area (Å²) in [6, 6.07) is 25.9. The Morgan fingerprint density at radius 1 is 0.681 bits per heavy atom. The van der Waals surface area contributed by atoms with Gasteiger partial charge >= 0.3 is 11.9 Å². The number of nitrogens with two attached hydrogens (primary N) is 1. The van der Waals surface area contributed by atoms with E-state index < -0.39 is 35.7 Å². The van der Waals surface area contributed by atoms with Gasteiger partial charge in [0.25, 0.3) is 0 Å². The molecule has 4 N–H and O–H groups in total. The minimum absolute atomic E-state index is 0. The van der Waals surface area contributed by atoms with Crippen molar-refractivity contribution in [1.82, 2.24) is 10.6 Å². The number of carbonyl (C=O) groups excluding carboxylic acids is 2. The number of carbonyl (C=O) groups is 2. The molecule has 0 amide bonds. The van der Waals surface area contributed by atoms with E-state index in [-0.39, 0.29) is 28.5 Å². The topological polar surface area (TPSA) is 103 Å². The highest BCUT2D eigenvalue weighted by atomic mass is 32.1. The van der Waals surface area contributed by atoms with E-state index in [0.29, 0.717) is 18.5 Å². The van der Waals surface area contributed by atoms with Crippen molar-refractivity contribution in [3.63, 3.8) is 0 Å². The Morgan fingerprint density at radius 2 is 1.04 bits per heavy atom. The first kappa shape index (κ1) is 38.4. The third kappa shape index (κ3) is 11.8. The van der Waals surface area contributed by atoms with E-state index in [2.05, 4.69) is 10.6 Å². The van der Waals surface area contributed by atoms with Gasteiger partial charge in [-0.05, 0) is 54.4 Å². The number of thiocarbonyl (C=S) groups is 2. The molecule has 47 heavy (non-hydrogen) atoms. The van der Waals surface area contributed by atoms with E-state index in [0.717, 1.165) is 16.7 Å². The van der Waals surface area contributed by atoms with Gasteiger partial charge in [-0.2, -0.15) is 0 Å². The molecule has 4 rings (SSSR count). The van der Waals surface area contributed by atoms with Gasteiger partial charge in [0.15, 0.2) is 0 Å². The summed E-state index contributed by atoms with van der Waals surface area (Å²) in [5.41, 5.74) is 9.78. The van der Waals surface area contributed by atoms with Crippen LogP contribution in [0.1, 0.15) is 35.2 Å². The van der Waals surface area contributed by atoms with Gasteiger partial charge in [0, 0.05) is 29.7 Å². The molecule has 0 spiro atoms. The van der Waals surface area contributed by atoms with Crippen LogP contribution in [0.4, 0.5) is 14.5 Å². The second kappa shape index (κ2) is 19.0. The predicted octanol–water partition coefficient (Wildman–Crippen LogP) is 6.28. The molecule has 0 aromatic heterocycles. The first-order chi connectivity index (χ1) is 22.0. The van der Waals surface area contributed by atoms with Gasteiger partial charge < -0.3 is 25.8 Å². The maximum Gasteiger partial charge on any atom is 0.328 e. The molecule has 11 heteroatoms. The first-order valence-electron chi connectivity index (χ1n) is 14.2. The number of rotatable bonds is 10. The largest absolute Gasteiger partial charge is 0.467 e. The lowest BCUT2D eigenvalue weighted by Crippen LogP contribution is -2.42. The van der Waals surface area contributed by atoms with E-state index >= 15 is 0 Å². The number of nitrogen functional groups attached to an aromatic ring is 1. The molecular formula is C36H39F2N3O4S2. The fourth-order valence-corrected chi connectivity index (χ4v) is 4.90. The quantitative estimate of drug-likeness (QED) is 0.102. The number of benzene rings is 4. The van der Waals surface area contributed by atoms with Crippen molar-refractivity contribution in [2.24, 2.45) is 0 Å². The molecule has 0 saturated carbocycles. The second-order valence-corrected chi connectivity index (χ2v) is 11.0. The molecule has 4 aromatic rings. The van der Waals surface area contributed by atoms with Gasteiger partial charge in [0.2, 0.25) is 0 Å². The van der Waals surface area contributed by atoms with E-state index in [1.54, 1.807) is 48.5 Å². The predicted molar refractivity (Wildman–Crippen MR) is 190 cm³/mol. The van der Waals surface area contributed by atoms with Crippen molar-refractivity contribution in [2.75, 3.05) is 20.0 Å². The molecule has 0 aliphatic rings. The van der Waals surface area contributed by atoms with Crippen LogP contribution in [0.25, 0.3) is 0 Å². The Morgan fingerprint density at radius 3 is 1.40 bits per heavy atom. The summed E-state index contributed by atoms with van der Waals surface area (Å²) in [6.45, 7) is 1.99. The van der Waals surface area contributed by atoms with Crippen molar-refractivity contribution in [3.8, 4) is 0 Å². The summed E-state index contributed by atoms with van der Waals surface area (Å²) in [5, 5.41) is 5.78. The molecule has 0 fully saturated rings. The highest BCUT2D eigenvalue weighted by Gasteiger charge is 2.23. The summed E-state index contributed by atoms with van der Waals surface area (Å²) >= 11 is 10.4. The summed E-state index contributed by atoms with van der Waals surface area (Å²) in [6.07, 6.45) is 0.753. The summed E-state index contributed by atoms with van der Waals surface area (Å²) in [5.74, 6) is -1.78. The van der Waals surface area contributed by atoms with Gasteiger partial charge in [0.1, 0.15) is 33.7 Å². The molecule has 4 aromatic carbocycles. The molecule has 0 saturated heterocycles. The fourth-order valence-electron chi connectivity index (χ4n) is 4.28. The highest BCUT2D eigenvalue weighted by molar-refractivity contribution is 7.81. The van der Waals surface area contributed by atoms with Crippen molar-refractivity contribution in [1.29, 1.82) is 0 Å². The second-order valence-electron chi connectivity index (χ2n) is 10.2. The number of ether oxygens (including phenoxy) is 2. The number of nitrogens with one attached hydrogen (secondary N) is 2. The van der Waals surface area contributed by atoms with E-state index in [4.69, 9.17) is 39.6 Å². The average molecular weight is 680 g/mol. The normalized spacial score (nSPS) is 11.3. The number of anilines is 1. The number of methoxy groups -OCH3 is 2. The molecule has 0 aliphatic carbocycles. The first-order valence-corrected chi connectivity index (χ1v) is 15.0. The van der Waals surface area contributed by atoms with Crippen LogP contribution in [0.15, 0.2) is 97.1 Å². The number of aryl methyl sites for hydroxylation is 1. The highest BCUT2D eigenvalue weighted by Crippen LogP contribution is 2.13. The zero-order valence-corrected chi connectivity index (χ0v) is 27.2. The SMILES string of the molecule is C.COC(=O)C(Cc1ccc(C)cc1)NC(=S)c1ccccc1F.COC(=O)C(Cc1ccc(N)cc1)NC(=S)c1ccccc1F. The van der Waals surface area contributed by atoms with Crippen LogP contribution < -0.4 is 16.4 Å². The monoisotopic (exact) mass is 679 g/mol. The lowest BCUT2D eigenvalue weighted by atomic mass is 10.0. The Hall–Kier alpha value is -4.74. The third-order valence-corrected chi connectivity index (χ3v) is 7.47. The summed E-state index contributed by atoms with van der Waals surface area (Å²) in [7, 11) is 2.62. The fraction of sp³-hybridized carbons (Fsp3) is 0.222. The molecular weight excluding hydrogens is 641 g/mol. The van der Waals surface area contributed by atoms with E-state index in [1.165, 1.54) is 26.4 Å². The molecule has 0 radical (unpaired) electrons. The Bertz CT molecular complexity index is 1530. The number of esters is 2. The Balaban J connectivity index is 0.000000320. The van der Waals surface area contributed by atoms with Gasteiger partial charge in [-0.25, -0.2) is 18.4 Å². The van der Waals surface area contributed by atoms with Crippen LogP contribution in [0.5, 0.6) is 0 Å². The van der Waals surface area contributed by atoms with Gasteiger partial charge in [0.05, 0.1) is 14.2 Å². The number of halogens is 2. The Labute approximate surface area is 285 Å². The minimum atomic E-state index is -0.712. The van der Waals surface area contributed by atoms with Gasteiger partial charge in [-0.15, -0.1) is 0 Å². The van der Waals surface area contributed by atoms with Crippen LogP contribution in [-0.4, -0.2) is 48.2 Å². The average Bonchev–Trinajstić information content (AvgIpc) is 3.06. The molecule has 248 valence electrons. The van der Waals surface area contributed by atoms with Crippen molar-refractivity contribution >= 4 is 52.0 Å². The van der Waals surface area contributed by atoms with Gasteiger partial charge in [-0.1, -0.05) is 98.1 Å². The number of hydrogen-bond acceptors (Lipinski definition) is 7. The number of hydrogen-bond donors (Lipinski definition) is 3. The Kier molecular flexibility index (Phi) is 15.6. The molecule has 2 unspecified atom stereocenters. The zero-order chi connectivity index (χ0) is 33.6. The molecule has 2 atom stereocenters. The maximum atomic E-state index is 13.8. The smallest absolute Gasteiger partial charge is 0.328 e. The molecule has 7 nitrogen and oxygen atoms in total. The molecule has 0 aliphatic heterocycles. The van der Waals surface area contributed by atoms with Gasteiger partial charge in [-0.3, -0.25) is 0 Å². The van der Waals surface area contributed by atoms with Crippen molar-refractivity contribution in [2.45, 2.75) is 39.3 Å².